The molecule has 0 heterocycles. The van der Waals surface area contributed by atoms with Crippen LogP contribution in [0, 0.1) is 0 Å². The Morgan fingerprint density at radius 3 is 2.18 bits per heavy atom. The van der Waals surface area contributed by atoms with Gasteiger partial charge in [-0.2, -0.15) is 0 Å². The number of aliphatic hydroxyl groups is 1. The molecule has 11 heavy (non-hydrogen) atoms. The number of rotatable bonds is 6. The zero-order valence-corrected chi connectivity index (χ0v) is 7.77. The van der Waals surface area contributed by atoms with E-state index < -0.39 is 5.60 Å². The first kappa shape index (κ1) is 10.9. The number of unbranched alkanes of at least 4 members (excludes halogenated alkanes) is 1. The molecule has 1 unspecified atom stereocenters. The highest BCUT2D eigenvalue weighted by Gasteiger charge is 2.22. The first-order valence-corrected chi connectivity index (χ1v) is 4.61. The molecule has 0 fully saturated rings. The van der Waals surface area contributed by atoms with Crippen LogP contribution in [-0.4, -0.2) is 17.3 Å². The van der Waals surface area contributed by atoms with Crippen molar-refractivity contribution in [3.63, 3.8) is 0 Å². The van der Waals surface area contributed by atoms with E-state index in [1.807, 2.05) is 0 Å². The van der Waals surface area contributed by atoms with E-state index in [9.17, 15) is 5.11 Å². The second kappa shape index (κ2) is 5.56. The fourth-order valence-electron chi connectivity index (χ4n) is 1.30. The van der Waals surface area contributed by atoms with Crippen molar-refractivity contribution in [3.8, 4) is 0 Å². The van der Waals surface area contributed by atoms with Gasteiger partial charge >= 0.3 is 0 Å². The van der Waals surface area contributed by atoms with Gasteiger partial charge in [0.1, 0.15) is 0 Å². The van der Waals surface area contributed by atoms with Crippen molar-refractivity contribution in [2.24, 2.45) is 5.73 Å². The van der Waals surface area contributed by atoms with E-state index in [0.717, 1.165) is 32.1 Å². The third-order valence-electron chi connectivity index (χ3n) is 2.09. The molecule has 0 aromatic carbocycles. The summed E-state index contributed by atoms with van der Waals surface area (Å²) in [6.45, 7) is 4.61. The summed E-state index contributed by atoms with van der Waals surface area (Å²) in [7, 11) is 0. The Balaban J connectivity index is 3.68. The fourth-order valence-corrected chi connectivity index (χ4v) is 1.30. The predicted octanol–water partition coefficient (Wildman–Crippen LogP) is 1.67. The van der Waals surface area contributed by atoms with E-state index >= 15 is 0 Å². The van der Waals surface area contributed by atoms with Crippen LogP contribution >= 0.6 is 0 Å². The van der Waals surface area contributed by atoms with Gasteiger partial charge in [-0.05, 0) is 12.8 Å². The summed E-state index contributed by atoms with van der Waals surface area (Å²) in [5.41, 5.74) is 4.91. The maximum Gasteiger partial charge on any atom is 0.0769 e. The lowest BCUT2D eigenvalue weighted by atomic mass is 9.92. The first-order chi connectivity index (χ1) is 5.18. The van der Waals surface area contributed by atoms with Crippen LogP contribution in [0.15, 0.2) is 0 Å². The van der Waals surface area contributed by atoms with E-state index in [1.54, 1.807) is 0 Å². The zero-order chi connectivity index (χ0) is 8.74. The lowest BCUT2D eigenvalue weighted by Crippen LogP contribution is -2.37. The Kier molecular flexibility index (Phi) is 5.51. The van der Waals surface area contributed by atoms with Gasteiger partial charge in [0.15, 0.2) is 0 Å². The molecule has 0 aliphatic heterocycles. The summed E-state index contributed by atoms with van der Waals surface area (Å²) < 4.78 is 0. The maximum atomic E-state index is 9.83. The molecule has 1 atom stereocenters. The Labute approximate surface area is 69.8 Å². The van der Waals surface area contributed by atoms with Crippen LogP contribution in [0.5, 0.6) is 0 Å². The molecule has 0 aliphatic rings. The van der Waals surface area contributed by atoms with Crippen molar-refractivity contribution in [2.45, 2.75) is 51.6 Å². The Hall–Kier alpha value is -0.0800. The molecule has 3 N–H and O–H groups in total. The highest BCUT2D eigenvalue weighted by Crippen LogP contribution is 2.18. The molecule has 0 saturated carbocycles. The number of hydrogen-bond acceptors (Lipinski definition) is 2. The van der Waals surface area contributed by atoms with Crippen molar-refractivity contribution in [1.29, 1.82) is 0 Å². The first-order valence-electron chi connectivity index (χ1n) is 4.61. The average Bonchev–Trinajstić information content (AvgIpc) is 2.02. The van der Waals surface area contributed by atoms with Crippen LogP contribution < -0.4 is 5.73 Å². The van der Waals surface area contributed by atoms with Gasteiger partial charge in [-0.3, -0.25) is 0 Å². The lowest BCUT2D eigenvalue weighted by molar-refractivity contribution is 0.0288. The van der Waals surface area contributed by atoms with Crippen LogP contribution in [0.1, 0.15) is 46.0 Å². The Bertz CT molecular complexity index is 95.6. The topological polar surface area (TPSA) is 46.2 Å². The Morgan fingerprint density at radius 1 is 1.18 bits per heavy atom. The zero-order valence-electron chi connectivity index (χ0n) is 7.77. The molecular formula is C9H21NO. The van der Waals surface area contributed by atoms with Gasteiger partial charge in [0.2, 0.25) is 0 Å². The highest BCUT2D eigenvalue weighted by molar-refractivity contribution is 4.78. The van der Waals surface area contributed by atoms with Gasteiger partial charge in [-0.1, -0.05) is 33.1 Å². The third kappa shape index (κ3) is 4.38. The molecule has 0 rings (SSSR count). The molecule has 0 spiro atoms. The van der Waals surface area contributed by atoms with Crippen molar-refractivity contribution < 1.29 is 5.11 Å². The van der Waals surface area contributed by atoms with Crippen LogP contribution in [0.4, 0.5) is 0 Å². The molecular weight excluding hydrogens is 138 g/mol. The van der Waals surface area contributed by atoms with Crippen LogP contribution in [0.2, 0.25) is 0 Å². The van der Waals surface area contributed by atoms with Gasteiger partial charge in [-0.15, -0.1) is 0 Å². The van der Waals surface area contributed by atoms with E-state index in [-0.39, 0.29) is 0 Å². The van der Waals surface area contributed by atoms with E-state index in [2.05, 4.69) is 13.8 Å². The predicted molar refractivity (Wildman–Crippen MR) is 48.4 cm³/mol. The van der Waals surface area contributed by atoms with Gasteiger partial charge in [-0.25, -0.2) is 0 Å². The highest BCUT2D eigenvalue weighted by atomic mass is 16.3. The van der Waals surface area contributed by atoms with Crippen molar-refractivity contribution in [2.75, 3.05) is 6.54 Å². The standard InChI is InChI=1S/C9H21NO/c1-3-5-7-9(11,8-10)6-4-2/h11H,3-8,10H2,1-2H3. The fraction of sp³-hybridized carbons (Fsp3) is 1.00. The molecule has 0 radical (unpaired) electrons. The summed E-state index contributed by atoms with van der Waals surface area (Å²) in [5.74, 6) is 0. The van der Waals surface area contributed by atoms with Crippen molar-refractivity contribution >= 4 is 0 Å². The molecule has 68 valence electrons. The minimum Gasteiger partial charge on any atom is -0.389 e. The van der Waals surface area contributed by atoms with Gasteiger partial charge in [0, 0.05) is 6.54 Å². The summed E-state index contributed by atoms with van der Waals surface area (Å²) >= 11 is 0. The molecule has 0 bridgehead atoms. The summed E-state index contributed by atoms with van der Waals surface area (Å²) in [6, 6.07) is 0. The molecule has 0 amide bonds. The number of nitrogens with two attached hydrogens (primary N) is 1. The van der Waals surface area contributed by atoms with Crippen molar-refractivity contribution in [1.82, 2.24) is 0 Å². The van der Waals surface area contributed by atoms with Crippen LogP contribution in [0.3, 0.4) is 0 Å². The number of hydrogen-bond donors (Lipinski definition) is 2. The molecule has 0 aliphatic carbocycles. The quantitative estimate of drug-likeness (QED) is 0.619. The average molecular weight is 159 g/mol. The second-order valence-corrected chi connectivity index (χ2v) is 3.28. The lowest BCUT2D eigenvalue weighted by Gasteiger charge is -2.25. The van der Waals surface area contributed by atoms with Crippen LogP contribution in [0.25, 0.3) is 0 Å². The van der Waals surface area contributed by atoms with Gasteiger partial charge in [0.25, 0.3) is 0 Å². The smallest absolute Gasteiger partial charge is 0.0769 e. The minimum absolute atomic E-state index is 0.404. The van der Waals surface area contributed by atoms with E-state index in [1.165, 1.54) is 0 Å². The summed E-state index contributed by atoms with van der Waals surface area (Å²) in [5, 5.41) is 9.83. The SMILES string of the molecule is CCCCC(O)(CN)CCC. The van der Waals surface area contributed by atoms with Gasteiger partial charge in [0.05, 0.1) is 5.60 Å². The molecule has 0 saturated heterocycles. The van der Waals surface area contributed by atoms with Gasteiger partial charge < -0.3 is 10.8 Å². The minimum atomic E-state index is -0.579. The van der Waals surface area contributed by atoms with E-state index in [4.69, 9.17) is 5.73 Å². The maximum absolute atomic E-state index is 9.83. The Morgan fingerprint density at radius 2 is 1.82 bits per heavy atom. The summed E-state index contributed by atoms with van der Waals surface area (Å²) in [4.78, 5) is 0. The third-order valence-corrected chi connectivity index (χ3v) is 2.09. The molecule has 2 nitrogen and oxygen atoms in total. The monoisotopic (exact) mass is 159 g/mol. The van der Waals surface area contributed by atoms with Crippen molar-refractivity contribution in [3.05, 3.63) is 0 Å². The summed E-state index contributed by atoms with van der Waals surface area (Å²) in [6.07, 6.45) is 4.91. The second-order valence-electron chi connectivity index (χ2n) is 3.28. The largest absolute Gasteiger partial charge is 0.389 e. The molecule has 0 aromatic heterocycles. The normalized spacial score (nSPS) is 16.4. The molecule has 0 aromatic rings. The van der Waals surface area contributed by atoms with E-state index in [0.29, 0.717) is 6.54 Å². The van der Waals surface area contributed by atoms with Crippen LogP contribution in [-0.2, 0) is 0 Å². The molecule has 2 heteroatoms.